The molecule has 0 saturated heterocycles. The highest BCUT2D eigenvalue weighted by Crippen LogP contribution is 2.48. The van der Waals surface area contributed by atoms with Crippen molar-refractivity contribution in [3.8, 4) is 74.3 Å². The van der Waals surface area contributed by atoms with Crippen LogP contribution in [0.5, 0.6) is 11.5 Å². The van der Waals surface area contributed by atoms with Crippen molar-refractivity contribution in [1.29, 1.82) is 0 Å². The van der Waals surface area contributed by atoms with Crippen LogP contribution in [-0.2, 0) is 0 Å². The van der Waals surface area contributed by atoms with Gasteiger partial charge >= 0.3 is 0 Å². The molecule has 7 aromatic carbocycles. The number of benzene rings is 7. The third-order valence-corrected chi connectivity index (χ3v) is 11.4. The molecule has 0 unspecified atom stereocenters. The number of hydrogen-bond donors (Lipinski definition) is 2. The minimum atomic E-state index is -0.413. The zero-order valence-corrected chi connectivity index (χ0v) is 33.3. The standard InChI is InChI=1S/C47H24B10N2O2/c1-4-5-18-27-21(3)58-47(22-12-7-6-8-13-22)59(27)24-15-11-14-23(19-24)28-33-31(38(51)41(54)43(56)45(33)60)29(32-34(28)46(61)44(57)42(55)39(32)52)25-16-9-10-17-26(25)30-35(48)20(2)36(49)40(53)37(30)50/h1,5-19,60-61H,2-3H3/b18-5-. The SMILES string of the molecule is [B]c1c([B])c(C)c([B])c(-c2ccccc2-c2c3c([B])c([B])c([B])c(O)c3c(-c3cccc(-n4c(-c5ccccc5)nc(C)c4/C=C\C#C)c3)c3c(O)c([B])c([B])c([B])c23)c1[B]. The topological polar surface area (TPSA) is 58.3 Å². The molecule has 0 aliphatic rings. The number of rotatable bonds is 6. The van der Waals surface area contributed by atoms with Gasteiger partial charge in [-0.2, -0.15) is 0 Å². The monoisotopic (exact) mass is 758 g/mol. The van der Waals surface area contributed by atoms with Crippen LogP contribution in [0.4, 0.5) is 0 Å². The van der Waals surface area contributed by atoms with Gasteiger partial charge in [-0.1, -0.05) is 111 Å². The zero-order chi connectivity index (χ0) is 43.8. The van der Waals surface area contributed by atoms with Crippen molar-refractivity contribution in [2.75, 3.05) is 0 Å². The van der Waals surface area contributed by atoms with E-state index in [0.29, 0.717) is 44.9 Å². The van der Waals surface area contributed by atoms with Gasteiger partial charge in [0.05, 0.1) is 11.4 Å². The molecule has 4 nitrogen and oxygen atoms in total. The van der Waals surface area contributed by atoms with E-state index in [1.54, 1.807) is 49.4 Å². The molecule has 8 rings (SSSR count). The first-order chi connectivity index (χ1) is 29.1. The maximum atomic E-state index is 12.3. The van der Waals surface area contributed by atoms with E-state index in [9.17, 15) is 10.2 Å². The Labute approximate surface area is 368 Å². The van der Waals surface area contributed by atoms with Crippen LogP contribution in [0.15, 0.2) is 84.9 Å². The first-order valence-corrected chi connectivity index (χ1v) is 19.0. The van der Waals surface area contributed by atoms with Crippen LogP contribution in [0.2, 0.25) is 0 Å². The minimum absolute atomic E-state index is 0.0101. The minimum Gasteiger partial charge on any atom is -0.508 e. The molecule has 61 heavy (non-hydrogen) atoms. The fourth-order valence-corrected chi connectivity index (χ4v) is 8.28. The molecule has 1 aromatic heterocycles. The number of terminal acetylenes is 1. The lowest BCUT2D eigenvalue weighted by Crippen LogP contribution is -2.46. The molecular weight excluding hydrogens is 733 g/mol. The summed E-state index contributed by atoms with van der Waals surface area (Å²) >= 11 is 0. The van der Waals surface area contributed by atoms with Gasteiger partial charge in [-0.05, 0) is 76.7 Å². The molecule has 0 aliphatic carbocycles. The average molecular weight is 757 g/mol. The van der Waals surface area contributed by atoms with Gasteiger partial charge in [0, 0.05) is 27.6 Å². The number of nitrogens with zero attached hydrogens (tertiary/aromatic N) is 2. The summed E-state index contributed by atoms with van der Waals surface area (Å²) in [5.74, 6) is 2.38. The van der Waals surface area contributed by atoms with Crippen molar-refractivity contribution in [3.05, 3.63) is 102 Å². The third-order valence-electron chi connectivity index (χ3n) is 11.4. The quantitative estimate of drug-likeness (QED) is 0.136. The van der Waals surface area contributed by atoms with Crippen molar-refractivity contribution in [2.24, 2.45) is 0 Å². The highest BCUT2D eigenvalue weighted by atomic mass is 16.3. The first kappa shape index (κ1) is 41.5. The molecule has 0 atom stereocenters. The van der Waals surface area contributed by atoms with Crippen LogP contribution in [0.3, 0.4) is 0 Å². The second-order valence-electron chi connectivity index (χ2n) is 14.8. The normalized spacial score (nSPS) is 11.5. The molecule has 0 aliphatic heterocycles. The number of phenols is 2. The fraction of sp³-hybridized carbons (Fsp3) is 0.0426. The van der Waals surface area contributed by atoms with Gasteiger partial charge in [0.15, 0.2) is 0 Å². The number of fused-ring (bicyclic) bond motifs is 2. The van der Waals surface area contributed by atoms with Crippen molar-refractivity contribution in [1.82, 2.24) is 9.55 Å². The van der Waals surface area contributed by atoms with E-state index in [-0.39, 0.29) is 81.7 Å². The molecule has 0 bridgehead atoms. The summed E-state index contributed by atoms with van der Waals surface area (Å²) in [6.07, 6.45) is 9.07. The number of allylic oxidation sites excluding steroid dienone is 1. The summed E-state index contributed by atoms with van der Waals surface area (Å²) in [7, 11) is 66.5. The van der Waals surface area contributed by atoms with Gasteiger partial charge in [-0.15, -0.1) is 28.3 Å². The van der Waals surface area contributed by atoms with Gasteiger partial charge in [0.2, 0.25) is 0 Å². The number of aromatic nitrogens is 2. The Balaban J connectivity index is 1.59. The molecule has 8 aromatic rings. The first-order valence-electron chi connectivity index (χ1n) is 19.0. The van der Waals surface area contributed by atoms with Gasteiger partial charge in [0.25, 0.3) is 0 Å². The van der Waals surface area contributed by atoms with E-state index < -0.39 is 11.5 Å². The Hall–Kier alpha value is -6.18. The van der Waals surface area contributed by atoms with E-state index in [1.165, 1.54) is 0 Å². The maximum absolute atomic E-state index is 12.3. The number of imidazole rings is 1. The summed E-state index contributed by atoms with van der Waals surface area (Å²) in [5.41, 5.74) is 6.11. The Kier molecular flexibility index (Phi) is 10.7. The van der Waals surface area contributed by atoms with Crippen LogP contribution in [0, 0.1) is 26.2 Å². The summed E-state index contributed by atoms with van der Waals surface area (Å²) in [4.78, 5) is 4.95. The molecule has 0 fully saturated rings. The van der Waals surface area contributed by atoms with Crippen molar-refractivity contribution in [2.45, 2.75) is 13.8 Å². The van der Waals surface area contributed by atoms with Crippen molar-refractivity contribution >= 4 is 161 Å². The average Bonchev–Trinajstić information content (AvgIpc) is 3.61. The van der Waals surface area contributed by atoms with Crippen LogP contribution in [0.25, 0.3) is 78.1 Å². The maximum Gasteiger partial charge on any atom is 0.145 e. The van der Waals surface area contributed by atoms with Gasteiger partial charge in [-0.3, -0.25) is 4.57 Å². The van der Waals surface area contributed by atoms with Crippen LogP contribution < -0.4 is 54.6 Å². The lowest BCUT2D eigenvalue weighted by Gasteiger charge is -2.28. The summed E-state index contributed by atoms with van der Waals surface area (Å²) in [5, 5.41) is 25.3. The molecule has 264 valence electrons. The highest BCUT2D eigenvalue weighted by molar-refractivity contribution is 6.66. The molecule has 14 heteroatoms. The molecule has 20 radical (unpaired) electrons. The van der Waals surface area contributed by atoms with Crippen molar-refractivity contribution in [3.63, 3.8) is 0 Å². The number of hydrogen-bond acceptors (Lipinski definition) is 3. The van der Waals surface area contributed by atoms with E-state index in [0.717, 1.165) is 17.0 Å². The van der Waals surface area contributed by atoms with E-state index in [4.69, 9.17) is 89.9 Å². The number of aromatic hydroxyl groups is 2. The Morgan fingerprint density at radius 3 is 1.64 bits per heavy atom. The molecule has 1 heterocycles. The molecular formula is C47H24B10N2O2. The van der Waals surface area contributed by atoms with Crippen LogP contribution >= 0.6 is 0 Å². The van der Waals surface area contributed by atoms with Gasteiger partial charge < -0.3 is 10.2 Å². The molecule has 0 spiro atoms. The summed E-state index contributed by atoms with van der Waals surface area (Å²) < 4.78 is 1.97. The number of phenolic OH excluding ortho intramolecular Hbond substituents is 2. The molecule has 2 N–H and O–H groups in total. The largest absolute Gasteiger partial charge is 0.508 e. The Bertz CT molecular complexity index is 3150. The summed E-state index contributed by atoms with van der Waals surface area (Å²) in [6, 6.07) is 24.2. The van der Waals surface area contributed by atoms with Gasteiger partial charge in [0.1, 0.15) is 95.8 Å². The second kappa shape index (κ2) is 15.7. The molecule has 0 amide bonds. The van der Waals surface area contributed by atoms with E-state index in [1.807, 2.05) is 60.0 Å². The second-order valence-corrected chi connectivity index (χ2v) is 14.8. The highest BCUT2D eigenvalue weighted by Gasteiger charge is 2.29. The van der Waals surface area contributed by atoms with Crippen LogP contribution in [0.1, 0.15) is 17.0 Å². The molecule has 0 saturated carbocycles. The fourth-order valence-electron chi connectivity index (χ4n) is 8.28. The lowest BCUT2D eigenvalue weighted by molar-refractivity contribution is 0.485. The predicted molar refractivity (Wildman–Crippen MR) is 265 cm³/mol. The third kappa shape index (κ3) is 6.35. The van der Waals surface area contributed by atoms with Crippen LogP contribution in [-0.4, -0.2) is 98.2 Å². The van der Waals surface area contributed by atoms with E-state index in [2.05, 4.69) is 5.92 Å². The van der Waals surface area contributed by atoms with Gasteiger partial charge in [-0.25, -0.2) is 4.98 Å². The predicted octanol–water partition coefficient (Wildman–Crippen LogP) is -0.541. The Morgan fingerprint density at radius 2 is 1.07 bits per heavy atom. The Morgan fingerprint density at radius 1 is 0.541 bits per heavy atom. The zero-order valence-electron chi connectivity index (χ0n) is 33.3. The van der Waals surface area contributed by atoms with Crippen molar-refractivity contribution < 1.29 is 10.2 Å². The van der Waals surface area contributed by atoms with E-state index >= 15 is 0 Å². The summed E-state index contributed by atoms with van der Waals surface area (Å²) in [6.45, 7) is 3.63. The smallest absolute Gasteiger partial charge is 0.145 e. The number of aryl methyl sites for hydroxylation is 1. The lowest BCUT2D eigenvalue weighted by atomic mass is 9.62.